The van der Waals surface area contributed by atoms with Gasteiger partial charge in [-0.05, 0) is 103 Å². The van der Waals surface area contributed by atoms with Crippen LogP contribution < -0.4 is 0 Å². The highest BCUT2D eigenvalue weighted by Gasteiger charge is 2.60. The summed E-state index contributed by atoms with van der Waals surface area (Å²) in [6, 6.07) is 13.0. The molecule has 0 aromatic heterocycles. The number of carbonyl (C=O) groups excluding carboxylic acids is 1. The molecule has 0 heterocycles. The lowest BCUT2D eigenvalue weighted by atomic mass is 9.62. The lowest BCUT2D eigenvalue weighted by Crippen LogP contribution is -2.34. The first-order valence-electron chi connectivity index (χ1n) is 12.7. The van der Waals surface area contributed by atoms with Crippen LogP contribution in [0.4, 0.5) is 0 Å². The van der Waals surface area contributed by atoms with Gasteiger partial charge in [0.05, 0.1) is 12.2 Å². The molecule has 0 amide bonds. The molecule has 2 unspecified atom stereocenters. The summed E-state index contributed by atoms with van der Waals surface area (Å²) in [5.41, 5.74) is 10.4. The summed E-state index contributed by atoms with van der Waals surface area (Å²) in [5.74, 6) is 0.403. The van der Waals surface area contributed by atoms with Gasteiger partial charge >= 0.3 is 5.97 Å². The SMILES string of the molecule is CCOC(=O)c1cccc(C=C2CCC3(c4cc5c(cc4C)C(C)(C)CCC5(C)C)CC23)c1. The molecule has 2 nitrogen and oxygen atoms in total. The largest absolute Gasteiger partial charge is 0.462 e. The van der Waals surface area contributed by atoms with E-state index in [1.807, 2.05) is 25.1 Å². The Hall–Kier alpha value is -2.35. The van der Waals surface area contributed by atoms with Crippen molar-refractivity contribution in [3.8, 4) is 0 Å². The van der Waals surface area contributed by atoms with Gasteiger partial charge in [0.1, 0.15) is 0 Å². The van der Waals surface area contributed by atoms with Crippen LogP contribution in [0.5, 0.6) is 0 Å². The van der Waals surface area contributed by atoms with Crippen molar-refractivity contribution in [1.82, 2.24) is 0 Å². The molecular weight excluding hydrogens is 404 g/mol. The molecule has 2 aromatic rings. The number of hydrogen-bond donors (Lipinski definition) is 0. The maximum absolute atomic E-state index is 12.2. The molecule has 0 saturated heterocycles. The van der Waals surface area contributed by atoms with Gasteiger partial charge < -0.3 is 4.74 Å². The molecule has 33 heavy (non-hydrogen) atoms. The second-order valence-electron chi connectivity index (χ2n) is 12.0. The quantitative estimate of drug-likeness (QED) is 0.454. The molecule has 3 aliphatic rings. The molecule has 174 valence electrons. The predicted molar refractivity (Wildman–Crippen MR) is 136 cm³/mol. The van der Waals surface area contributed by atoms with E-state index in [0.717, 1.165) is 12.0 Å². The summed E-state index contributed by atoms with van der Waals surface area (Å²) in [5, 5.41) is 0. The second-order valence-corrected chi connectivity index (χ2v) is 12.0. The summed E-state index contributed by atoms with van der Waals surface area (Å²) in [4.78, 5) is 12.2. The molecular formula is C31H38O2. The molecule has 2 fully saturated rings. The molecule has 2 saturated carbocycles. The van der Waals surface area contributed by atoms with Crippen LogP contribution in [0.3, 0.4) is 0 Å². The van der Waals surface area contributed by atoms with Gasteiger partial charge in [-0.2, -0.15) is 0 Å². The van der Waals surface area contributed by atoms with Gasteiger partial charge in [-0.1, -0.05) is 63.6 Å². The highest BCUT2D eigenvalue weighted by molar-refractivity contribution is 5.90. The Labute approximate surface area is 199 Å². The van der Waals surface area contributed by atoms with E-state index in [-0.39, 0.29) is 16.8 Å². The highest BCUT2D eigenvalue weighted by Crippen LogP contribution is 2.68. The van der Waals surface area contributed by atoms with E-state index in [0.29, 0.717) is 23.5 Å². The number of rotatable bonds is 4. The topological polar surface area (TPSA) is 26.3 Å². The Kier molecular flexibility index (Phi) is 5.16. The maximum Gasteiger partial charge on any atom is 0.338 e. The Morgan fingerprint density at radius 2 is 1.70 bits per heavy atom. The number of aryl methyl sites for hydroxylation is 1. The molecule has 2 aromatic carbocycles. The van der Waals surface area contributed by atoms with Crippen LogP contribution in [0, 0.1) is 12.8 Å². The molecule has 3 aliphatic carbocycles. The number of ether oxygens (including phenoxy) is 1. The van der Waals surface area contributed by atoms with E-state index in [2.05, 4.69) is 58.9 Å². The standard InChI is InChI=1S/C31H38O2/c1-7-33-28(32)23-10-8-9-21(17-23)16-22-11-12-31(19-27(22)31)24-18-26-25(15-20(24)2)29(3,4)13-14-30(26,5)6/h8-10,15-18,27H,7,11-14,19H2,1-6H3. The summed E-state index contributed by atoms with van der Waals surface area (Å²) < 4.78 is 5.19. The molecule has 0 bridgehead atoms. The molecule has 0 radical (unpaired) electrons. The predicted octanol–water partition coefficient (Wildman–Crippen LogP) is 7.66. The van der Waals surface area contributed by atoms with E-state index in [4.69, 9.17) is 4.74 Å². The molecule has 2 heteroatoms. The third-order valence-electron chi connectivity index (χ3n) is 8.87. The smallest absolute Gasteiger partial charge is 0.338 e. The molecule has 0 aliphatic heterocycles. The fourth-order valence-corrected chi connectivity index (χ4v) is 6.66. The number of fused-ring (bicyclic) bond motifs is 2. The Bertz CT molecular complexity index is 1150. The van der Waals surface area contributed by atoms with Crippen LogP contribution in [0.15, 0.2) is 42.0 Å². The van der Waals surface area contributed by atoms with E-state index >= 15 is 0 Å². The lowest BCUT2D eigenvalue weighted by molar-refractivity contribution is 0.0526. The third kappa shape index (κ3) is 3.66. The molecule has 0 spiro atoms. The summed E-state index contributed by atoms with van der Waals surface area (Å²) in [6.07, 6.45) is 8.51. The summed E-state index contributed by atoms with van der Waals surface area (Å²) >= 11 is 0. The van der Waals surface area contributed by atoms with Crippen molar-refractivity contribution in [2.75, 3.05) is 6.61 Å². The third-order valence-corrected chi connectivity index (χ3v) is 8.87. The van der Waals surface area contributed by atoms with Crippen molar-refractivity contribution < 1.29 is 9.53 Å². The van der Waals surface area contributed by atoms with E-state index < -0.39 is 0 Å². The van der Waals surface area contributed by atoms with Gasteiger partial charge in [-0.3, -0.25) is 0 Å². The first-order chi connectivity index (χ1) is 15.6. The minimum absolute atomic E-state index is 0.236. The van der Waals surface area contributed by atoms with Gasteiger partial charge in [0.25, 0.3) is 0 Å². The van der Waals surface area contributed by atoms with Crippen LogP contribution >= 0.6 is 0 Å². The molecule has 5 rings (SSSR count). The van der Waals surface area contributed by atoms with Crippen LogP contribution in [-0.2, 0) is 21.0 Å². The number of benzene rings is 2. The normalized spacial score (nSPS) is 27.7. The van der Waals surface area contributed by atoms with Crippen molar-refractivity contribution in [1.29, 1.82) is 0 Å². The number of hydrogen-bond acceptors (Lipinski definition) is 2. The zero-order valence-electron chi connectivity index (χ0n) is 21.2. The number of carbonyl (C=O) groups is 1. The molecule has 0 N–H and O–H groups in total. The van der Waals surface area contributed by atoms with Crippen molar-refractivity contribution in [3.63, 3.8) is 0 Å². The second kappa shape index (κ2) is 7.58. The average Bonchev–Trinajstić information content (AvgIpc) is 3.41. The van der Waals surface area contributed by atoms with Crippen molar-refractivity contribution in [2.24, 2.45) is 5.92 Å². The van der Waals surface area contributed by atoms with Gasteiger partial charge in [-0.15, -0.1) is 0 Å². The van der Waals surface area contributed by atoms with Gasteiger partial charge in [0, 0.05) is 5.41 Å². The van der Waals surface area contributed by atoms with Gasteiger partial charge in [0.2, 0.25) is 0 Å². The Morgan fingerprint density at radius 3 is 2.36 bits per heavy atom. The zero-order chi connectivity index (χ0) is 23.6. The van der Waals surface area contributed by atoms with Crippen LogP contribution in [0.25, 0.3) is 6.08 Å². The first-order valence-corrected chi connectivity index (χ1v) is 12.7. The van der Waals surface area contributed by atoms with Gasteiger partial charge in [-0.25, -0.2) is 4.79 Å². The Morgan fingerprint density at radius 1 is 1.00 bits per heavy atom. The average molecular weight is 443 g/mol. The summed E-state index contributed by atoms with van der Waals surface area (Å²) in [6.45, 7) is 14.3. The lowest BCUT2D eigenvalue weighted by Gasteiger charge is -2.43. The van der Waals surface area contributed by atoms with Crippen LogP contribution in [-0.4, -0.2) is 12.6 Å². The summed E-state index contributed by atoms with van der Waals surface area (Å²) in [7, 11) is 0. The maximum atomic E-state index is 12.2. The van der Waals surface area contributed by atoms with E-state index in [1.165, 1.54) is 31.2 Å². The van der Waals surface area contributed by atoms with Crippen LogP contribution in [0.1, 0.15) is 105 Å². The monoisotopic (exact) mass is 442 g/mol. The number of allylic oxidation sites excluding steroid dienone is 1. The van der Waals surface area contributed by atoms with E-state index in [9.17, 15) is 4.79 Å². The minimum Gasteiger partial charge on any atom is -0.462 e. The Balaban J connectivity index is 1.47. The van der Waals surface area contributed by atoms with Gasteiger partial charge in [0.15, 0.2) is 0 Å². The molecule has 2 atom stereocenters. The first kappa shape index (κ1) is 22.4. The van der Waals surface area contributed by atoms with Crippen molar-refractivity contribution in [3.05, 3.63) is 75.4 Å². The number of esters is 1. The van der Waals surface area contributed by atoms with Crippen molar-refractivity contribution in [2.45, 2.75) is 89.9 Å². The van der Waals surface area contributed by atoms with Crippen LogP contribution in [0.2, 0.25) is 0 Å². The zero-order valence-corrected chi connectivity index (χ0v) is 21.2. The fraction of sp³-hybridized carbons (Fsp3) is 0.516. The van der Waals surface area contributed by atoms with Crippen molar-refractivity contribution >= 4 is 12.0 Å². The fourth-order valence-electron chi connectivity index (χ4n) is 6.66. The highest BCUT2D eigenvalue weighted by atomic mass is 16.5. The minimum atomic E-state index is -0.236. The van der Waals surface area contributed by atoms with E-state index in [1.54, 1.807) is 22.3 Å².